The number of unbranched alkanes of at least 4 members (excludes halogenated alkanes) is 4. The van der Waals surface area contributed by atoms with Crippen LogP contribution in [0.2, 0.25) is 0 Å². The zero-order valence-electron chi connectivity index (χ0n) is 21.1. The zero-order chi connectivity index (χ0) is 25.8. The van der Waals surface area contributed by atoms with Crippen LogP contribution in [0.15, 0.2) is 66.7 Å². The second-order valence-corrected chi connectivity index (χ2v) is 8.64. The molecule has 192 valence electrons. The van der Waals surface area contributed by atoms with E-state index in [0.29, 0.717) is 22.9 Å². The second-order valence-electron chi connectivity index (χ2n) is 8.64. The van der Waals surface area contributed by atoms with Gasteiger partial charge in [0.05, 0.1) is 19.3 Å². The van der Waals surface area contributed by atoms with Crippen molar-refractivity contribution in [2.24, 2.45) is 5.73 Å². The Bertz CT molecular complexity index is 1110. The third-order valence-corrected chi connectivity index (χ3v) is 5.90. The Labute approximate surface area is 213 Å². The number of nitrogens with one attached hydrogen (secondary N) is 1. The second kappa shape index (κ2) is 14.1. The lowest BCUT2D eigenvalue weighted by atomic mass is 10.1. The molecule has 36 heavy (non-hydrogen) atoms. The van der Waals surface area contributed by atoms with E-state index in [9.17, 15) is 9.18 Å². The maximum Gasteiger partial charge on any atom is 0.224 e. The molecule has 6 nitrogen and oxygen atoms in total. The lowest BCUT2D eigenvalue weighted by Crippen LogP contribution is -2.29. The number of ether oxygens (including phenoxy) is 2. The van der Waals surface area contributed by atoms with Crippen LogP contribution in [-0.4, -0.2) is 26.1 Å². The van der Waals surface area contributed by atoms with Crippen LogP contribution in [0.3, 0.4) is 0 Å². The lowest BCUT2D eigenvalue weighted by molar-refractivity contribution is -0.116. The average Bonchev–Trinajstić information content (AvgIpc) is 2.88. The van der Waals surface area contributed by atoms with Gasteiger partial charge >= 0.3 is 0 Å². The molecule has 3 aromatic carbocycles. The molecule has 0 fully saturated rings. The van der Waals surface area contributed by atoms with Gasteiger partial charge in [0.1, 0.15) is 17.3 Å². The van der Waals surface area contributed by atoms with E-state index in [0.717, 1.165) is 56.4 Å². The molecule has 0 aliphatic carbocycles. The summed E-state index contributed by atoms with van der Waals surface area (Å²) in [5, 5.41) is 3.49. The quantitative estimate of drug-likeness (QED) is 0.251. The minimum Gasteiger partial charge on any atom is -0.497 e. The van der Waals surface area contributed by atoms with Crippen LogP contribution in [0.5, 0.6) is 17.2 Å². The molecule has 3 N–H and O–H groups in total. The number of amides is 1. The standard InChI is InChI=1S/C29H36FN3O3/c1-22(34)33(28-20-24(30)13-16-29(28)36-25-11-7-6-8-12-25)21-23-19-26(35-2)14-15-27(23)32-18-10-5-3-4-9-17-31/h6-8,11-16,19-20,32H,3-5,9-10,17-18,21,31H2,1-2H3. The Morgan fingerprint density at radius 1 is 0.944 bits per heavy atom. The van der Waals surface area contributed by atoms with Crippen molar-refractivity contribution < 1.29 is 18.7 Å². The smallest absolute Gasteiger partial charge is 0.224 e. The van der Waals surface area contributed by atoms with E-state index in [4.69, 9.17) is 15.2 Å². The number of carbonyl (C=O) groups excluding carboxylic acids is 1. The maximum atomic E-state index is 14.3. The number of methoxy groups -OCH3 is 1. The van der Waals surface area contributed by atoms with Gasteiger partial charge in [0.15, 0.2) is 5.75 Å². The fraction of sp³-hybridized carbons (Fsp3) is 0.345. The molecular weight excluding hydrogens is 457 g/mol. The van der Waals surface area contributed by atoms with Crippen LogP contribution in [0, 0.1) is 5.82 Å². The highest BCUT2D eigenvalue weighted by Crippen LogP contribution is 2.35. The van der Waals surface area contributed by atoms with Crippen molar-refractivity contribution in [3.8, 4) is 17.2 Å². The summed E-state index contributed by atoms with van der Waals surface area (Å²) < 4.78 is 25.8. The van der Waals surface area contributed by atoms with Gasteiger partial charge in [-0.3, -0.25) is 4.79 Å². The van der Waals surface area contributed by atoms with E-state index in [1.54, 1.807) is 13.2 Å². The average molecular weight is 494 g/mol. The van der Waals surface area contributed by atoms with Crippen molar-refractivity contribution in [1.29, 1.82) is 0 Å². The molecule has 0 aromatic heterocycles. The first-order valence-corrected chi connectivity index (χ1v) is 12.4. The van der Waals surface area contributed by atoms with Gasteiger partial charge in [-0.25, -0.2) is 4.39 Å². The van der Waals surface area contributed by atoms with E-state index in [1.165, 1.54) is 24.0 Å². The van der Waals surface area contributed by atoms with Gasteiger partial charge in [-0.2, -0.15) is 0 Å². The van der Waals surface area contributed by atoms with Crippen molar-refractivity contribution in [3.63, 3.8) is 0 Å². The van der Waals surface area contributed by atoms with Crippen molar-refractivity contribution in [2.45, 2.75) is 45.6 Å². The summed E-state index contributed by atoms with van der Waals surface area (Å²) in [6, 6.07) is 19.2. The summed E-state index contributed by atoms with van der Waals surface area (Å²) in [6.45, 7) is 3.24. The van der Waals surface area contributed by atoms with Crippen molar-refractivity contribution in [1.82, 2.24) is 0 Å². The lowest BCUT2D eigenvalue weighted by Gasteiger charge is -2.25. The third kappa shape index (κ3) is 7.99. The predicted octanol–water partition coefficient (Wildman–Crippen LogP) is 6.50. The number of hydrogen-bond acceptors (Lipinski definition) is 5. The van der Waals surface area contributed by atoms with Crippen LogP contribution < -0.4 is 25.4 Å². The Kier molecular flexibility index (Phi) is 10.6. The summed E-state index contributed by atoms with van der Waals surface area (Å²) >= 11 is 0. The first-order chi connectivity index (χ1) is 17.5. The van der Waals surface area contributed by atoms with Gasteiger partial charge < -0.3 is 25.4 Å². The maximum absolute atomic E-state index is 14.3. The van der Waals surface area contributed by atoms with E-state index >= 15 is 0 Å². The molecule has 0 atom stereocenters. The number of anilines is 2. The highest BCUT2D eigenvalue weighted by molar-refractivity contribution is 5.93. The number of hydrogen-bond donors (Lipinski definition) is 2. The minimum atomic E-state index is -0.449. The molecule has 1 amide bonds. The van der Waals surface area contributed by atoms with Gasteiger partial charge in [0.2, 0.25) is 5.91 Å². The van der Waals surface area contributed by atoms with Gasteiger partial charge in [0.25, 0.3) is 0 Å². The van der Waals surface area contributed by atoms with Crippen LogP contribution in [0.4, 0.5) is 15.8 Å². The number of para-hydroxylation sites is 1. The van der Waals surface area contributed by atoms with Gasteiger partial charge in [0, 0.05) is 25.2 Å². The molecule has 7 heteroatoms. The van der Waals surface area contributed by atoms with Gasteiger partial charge in [-0.1, -0.05) is 37.5 Å². The van der Waals surface area contributed by atoms with Crippen molar-refractivity contribution in [2.75, 3.05) is 30.4 Å². The molecule has 0 radical (unpaired) electrons. The third-order valence-electron chi connectivity index (χ3n) is 5.90. The molecule has 0 unspecified atom stereocenters. The summed E-state index contributed by atoms with van der Waals surface area (Å²) in [6.07, 6.45) is 5.54. The fourth-order valence-electron chi connectivity index (χ4n) is 3.96. The van der Waals surface area contributed by atoms with E-state index in [-0.39, 0.29) is 12.5 Å². The summed E-state index contributed by atoms with van der Waals surface area (Å²) in [4.78, 5) is 14.3. The Balaban J connectivity index is 1.82. The molecule has 0 aliphatic heterocycles. The number of carbonyl (C=O) groups is 1. The Morgan fingerprint density at radius 2 is 1.69 bits per heavy atom. The van der Waals surface area contributed by atoms with Crippen molar-refractivity contribution in [3.05, 3.63) is 78.1 Å². The van der Waals surface area contributed by atoms with Gasteiger partial charge in [-0.05, 0) is 67.4 Å². The van der Waals surface area contributed by atoms with E-state index < -0.39 is 5.82 Å². The normalized spacial score (nSPS) is 10.7. The molecule has 3 rings (SSSR count). The van der Waals surface area contributed by atoms with Crippen molar-refractivity contribution >= 4 is 17.3 Å². The summed E-state index contributed by atoms with van der Waals surface area (Å²) in [7, 11) is 1.61. The molecule has 0 heterocycles. The molecular formula is C29H36FN3O3. The Morgan fingerprint density at radius 3 is 2.42 bits per heavy atom. The highest BCUT2D eigenvalue weighted by Gasteiger charge is 2.20. The molecule has 0 saturated heterocycles. The summed E-state index contributed by atoms with van der Waals surface area (Å²) in [5.41, 5.74) is 7.70. The highest BCUT2D eigenvalue weighted by atomic mass is 19.1. The molecule has 0 saturated carbocycles. The Hall–Kier alpha value is -3.58. The van der Waals surface area contributed by atoms with Crippen LogP contribution in [0.25, 0.3) is 0 Å². The molecule has 0 bridgehead atoms. The van der Waals surface area contributed by atoms with E-state index in [1.807, 2.05) is 48.5 Å². The zero-order valence-corrected chi connectivity index (χ0v) is 21.1. The van der Waals surface area contributed by atoms with Crippen LogP contribution in [0.1, 0.15) is 44.6 Å². The van der Waals surface area contributed by atoms with Gasteiger partial charge in [-0.15, -0.1) is 0 Å². The monoisotopic (exact) mass is 493 g/mol. The van der Waals surface area contributed by atoms with Crippen LogP contribution >= 0.6 is 0 Å². The first kappa shape index (κ1) is 27.0. The molecule has 3 aromatic rings. The molecule has 0 spiro atoms. The number of rotatable bonds is 14. The number of halogens is 1. The summed E-state index contributed by atoms with van der Waals surface area (Å²) in [5.74, 6) is 1.00. The number of nitrogens with two attached hydrogens (primary N) is 1. The largest absolute Gasteiger partial charge is 0.497 e. The predicted molar refractivity (Wildman–Crippen MR) is 143 cm³/mol. The van der Waals surface area contributed by atoms with Crippen LogP contribution in [-0.2, 0) is 11.3 Å². The topological polar surface area (TPSA) is 76.8 Å². The first-order valence-electron chi connectivity index (χ1n) is 12.4. The number of nitrogens with zero attached hydrogens (tertiary/aromatic N) is 1. The molecule has 0 aliphatic rings. The SMILES string of the molecule is COc1ccc(NCCCCCCCN)c(CN(C(C)=O)c2cc(F)ccc2Oc2ccccc2)c1. The van der Waals surface area contributed by atoms with E-state index in [2.05, 4.69) is 5.32 Å². The number of benzene rings is 3. The minimum absolute atomic E-state index is 0.222. The fourth-order valence-corrected chi connectivity index (χ4v) is 3.96.